The van der Waals surface area contributed by atoms with Crippen LogP contribution in [0.25, 0.3) is 0 Å². The van der Waals surface area contributed by atoms with E-state index in [1.54, 1.807) is 11.3 Å². The summed E-state index contributed by atoms with van der Waals surface area (Å²) >= 11 is 4.96. The largest absolute Gasteiger partial charge is 0.277 e. The smallest absolute Gasteiger partial charge is 0.233 e. The van der Waals surface area contributed by atoms with Crippen LogP contribution in [-0.2, 0) is 16.1 Å². The molecule has 5 heteroatoms. The van der Waals surface area contributed by atoms with Gasteiger partial charge in [-0.1, -0.05) is 0 Å². The monoisotopic (exact) mass is 285 g/mol. The number of piperidine rings is 1. The Balaban J connectivity index is 1.82. The van der Waals surface area contributed by atoms with Crippen LogP contribution in [0.3, 0.4) is 0 Å². The standard InChI is InChI=1S/C10H8BrNO2S/c11-7-1-2-15-8(7)4-12-9(13)5-3-6(5)10(12)14/h1-2,5-6H,3-4H2. The summed E-state index contributed by atoms with van der Waals surface area (Å²) in [6.07, 6.45) is 0.778. The number of halogens is 1. The van der Waals surface area contributed by atoms with E-state index in [2.05, 4.69) is 15.9 Å². The van der Waals surface area contributed by atoms with Crippen LogP contribution >= 0.6 is 27.3 Å². The van der Waals surface area contributed by atoms with Crippen LogP contribution in [-0.4, -0.2) is 16.7 Å². The second-order valence-electron chi connectivity index (χ2n) is 3.90. The summed E-state index contributed by atoms with van der Waals surface area (Å²) in [7, 11) is 0. The zero-order chi connectivity index (χ0) is 10.6. The van der Waals surface area contributed by atoms with Gasteiger partial charge < -0.3 is 0 Å². The van der Waals surface area contributed by atoms with Gasteiger partial charge in [0.25, 0.3) is 0 Å². The molecule has 2 fully saturated rings. The van der Waals surface area contributed by atoms with Gasteiger partial charge in [0, 0.05) is 9.35 Å². The maximum Gasteiger partial charge on any atom is 0.233 e. The third-order valence-corrected chi connectivity index (χ3v) is 4.86. The molecule has 0 spiro atoms. The SMILES string of the molecule is O=C1C2CC2C(=O)N1Cc1sccc1Br. The van der Waals surface area contributed by atoms with Gasteiger partial charge in [-0.2, -0.15) is 0 Å². The summed E-state index contributed by atoms with van der Waals surface area (Å²) in [6, 6.07) is 1.94. The second-order valence-corrected chi connectivity index (χ2v) is 5.76. The van der Waals surface area contributed by atoms with Gasteiger partial charge in [0.1, 0.15) is 0 Å². The maximum atomic E-state index is 11.7. The summed E-state index contributed by atoms with van der Waals surface area (Å²) in [4.78, 5) is 25.8. The lowest BCUT2D eigenvalue weighted by Crippen LogP contribution is -2.32. The minimum Gasteiger partial charge on any atom is -0.277 e. The average molecular weight is 286 g/mol. The van der Waals surface area contributed by atoms with Crippen molar-refractivity contribution >= 4 is 39.1 Å². The fourth-order valence-electron chi connectivity index (χ4n) is 1.99. The Labute approximate surface area is 99.2 Å². The molecule has 2 unspecified atom stereocenters. The second kappa shape index (κ2) is 3.15. The number of carbonyl (C=O) groups is 2. The van der Waals surface area contributed by atoms with Crippen molar-refractivity contribution in [1.82, 2.24) is 4.90 Å². The number of carbonyl (C=O) groups excluding carboxylic acids is 2. The highest BCUT2D eigenvalue weighted by Crippen LogP contribution is 2.47. The Kier molecular flexibility index (Phi) is 2.01. The molecule has 0 radical (unpaired) electrons. The summed E-state index contributed by atoms with van der Waals surface area (Å²) < 4.78 is 0.980. The van der Waals surface area contributed by atoms with Crippen molar-refractivity contribution in [3.05, 3.63) is 20.8 Å². The van der Waals surface area contributed by atoms with Crippen molar-refractivity contribution in [2.75, 3.05) is 0 Å². The highest BCUT2D eigenvalue weighted by molar-refractivity contribution is 9.10. The van der Waals surface area contributed by atoms with Crippen LogP contribution in [0.2, 0.25) is 0 Å². The van der Waals surface area contributed by atoms with Gasteiger partial charge in [0.05, 0.1) is 18.4 Å². The van der Waals surface area contributed by atoms with Gasteiger partial charge in [-0.15, -0.1) is 11.3 Å². The van der Waals surface area contributed by atoms with Crippen molar-refractivity contribution in [2.24, 2.45) is 11.8 Å². The van der Waals surface area contributed by atoms with Crippen LogP contribution in [0.15, 0.2) is 15.9 Å². The van der Waals surface area contributed by atoms with E-state index < -0.39 is 0 Å². The molecule has 1 aromatic rings. The van der Waals surface area contributed by atoms with Gasteiger partial charge in [-0.25, -0.2) is 0 Å². The van der Waals surface area contributed by atoms with Crippen LogP contribution in [0.4, 0.5) is 0 Å². The van der Waals surface area contributed by atoms with Gasteiger partial charge in [-0.05, 0) is 33.8 Å². The number of hydrogen-bond donors (Lipinski definition) is 0. The van der Waals surface area contributed by atoms with Crippen LogP contribution in [0.5, 0.6) is 0 Å². The van der Waals surface area contributed by atoms with Crippen molar-refractivity contribution < 1.29 is 9.59 Å². The van der Waals surface area contributed by atoms with E-state index in [4.69, 9.17) is 0 Å². The molecule has 0 bridgehead atoms. The van der Waals surface area contributed by atoms with E-state index >= 15 is 0 Å². The molecule has 1 aliphatic heterocycles. The normalized spacial score (nSPS) is 28.5. The molecule has 1 aliphatic carbocycles. The van der Waals surface area contributed by atoms with Crippen molar-refractivity contribution in [3.63, 3.8) is 0 Å². The number of fused-ring (bicyclic) bond motifs is 1. The molecule has 1 saturated carbocycles. The van der Waals surface area contributed by atoms with E-state index in [9.17, 15) is 9.59 Å². The highest BCUT2D eigenvalue weighted by Gasteiger charge is 2.58. The molecule has 15 heavy (non-hydrogen) atoms. The zero-order valence-corrected chi connectivity index (χ0v) is 10.2. The third-order valence-electron chi connectivity index (χ3n) is 2.95. The summed E-state index contributed by atoms with van der Waals surface area (Å²) in [5.74, 6) is 0.0584. The van der Waals surface area contributed by atoms with E-state index in [0.717, 1.165) is 15.8 Å². The maximum absolute atomic E-state index is 11.7. The fourth-order valence-corrected chi connectivity index (χ4v) is 3.45. The summed E-state index contributed by atoms with van der Waals surface area (Å²) in [5, 5.41) is 1.95. The molecule has 3 rings (SSSR count). The van der Waals surface area contributed by atoms with Crippen molar-refractivity contribution in [2.45, 2.75) is 13.0 Å². The highest BCUT2D eigenvalue weighted by atomic mass is 79.9. The molecule has 1 aromatic heterocycles. The topological polar surface area (TPSA) is 37.4 Å². The Morgan fingerprint density at radius 3 is 2.60 bits per heavy atom. The summed E-state index contributed by atoms with van der Waals surface area (Å²) in [6.45, 7) is 0.433. The minimum atomic E-state index is 0.0104. The number of nitrogens with zero attached hydrogens (tertiary/aromatic N) is 1. The molecule has 0 aromatic carbocycles. The van der Waals surface area contributed by atoms with Crippen LogP contribution in [0.1, 0.15) is 11.3 Å². The Morgan fingerprint density at radius 2 is 2.07 bits per heavy atom. The van der Waals surface area contributed by atoms with Crippen LogP contribution < -0.4 is 0 Å². The molecule has 2 atom stereocenters. The van der Waals surface area contributed by atoms with Gasteiger partial charge in [0.2, 0.25) is 11.8 Å². The molecule has 2 amide bonds. The van der Waals surface area contributed by atoms with E-state index in [0.29, 0.717) is 6.54 Å². The van der Waals surface area contributed by atoms with E-state index in [1.807, 2.05) is 11.4 Å². The molecule has 1 saturated heterocycles. The molecule has 2 heterocycles. The lowest BCUT2D eigenvalue weighted by atomic mass is 10.3. The van der Waals surface area contributed by atoms with Gasteiger partial charge in [-0.3, -0.25) is 14.5 Å². The average Bonchev–Trinajstić information content (AvgIpc) is 2.86. The predicted molar refractivity (Wildman–Crippen MR) is 59.2 cm³/mol. The zero-order valence-electron chi connectivity index (χ0n) is 7.77. The van der Waals surface area contributed by atoms with Crippen LogP contribution in [0, 0.1) is 11.8 Å². The molecular weight excluding hydrogens is 278 g/mol. The molecule has 2 aliphatic rings. The Morgan fingerprint density at radius 1 is 1.40 bits per heavy atom. The van der Waals surface area contributed by atoms with E-state index in [1.165, 1.54) is 4.90 Å². The number of imide groups is 1. The number of rotatable bonds is 2. The summed E-state index contributed by atoms with van der Waals surface area (Å²) in [5.41, 5.74) is 0. The predicted octanol–water partition coefficient (Wildman–Crippen LogP) is 2.02. The number of likely N-dealkylation sites (tertiary alicyclic amines) is 1. The number of thiophene rings is 1. The Hall–Kier alpha value is -0.680. The number of hydrogen-bond acceptors (Lipinski definition) is 3. The van der Waals surface area contributed by atoms with Gasteiger partial charge >= 0.3 is 0 Å². The Bertz CT molecular complexity index is 436. The first kappa shape index (κ1) is 9.54. The fraction of sp³-hybridized carbons (Fsp3) is 0.400. The third kappa shape index (κ3) is 1.37. The molecule has 78 valence electrons. The van der Waals surface area contributed by atoms with E-state index in [-0.39, 0.29) is 23.7 Å². The quantitative estimate of drug-likeness (QED) is 0.780. The molecule has 0 N–H and O–H groups in total. The molecule has 3 nitrogen and oxygen atoms in total. The first-order valence-electron chi connectivity index (χ1n) is 4.75. The molecular formula is C10H8BrNO2S. The first-order valence-corrected chi connectivity index (χ1v) is 6.43. The first-order chi connectivity index (χ1) is 7.18. The van der Waals surface area contributed by atoms with Gasteiger partial charge in [0.15, 0.2) is 0 Å². The lowest BCUT2D eigenvalue weighted by molar-refractivity contribution is -0.141. The number of amides is 2. The van der Waals surface area contributed by atoms with Crippen molar-refractivity contribution in [1.29, 1.82) is 0 Å². The minimum absolute atomic E-state index is 0.0104. The van der Waals surface area contributed by atoms with Crippen molar-refractivity contribution in [3.8, 4) is 0 Å². The lowest BCUT2D eigenvalue weighted by Gasteiger charge is -2.15.